The van der Waals surface area contributed by atoms with E-state index in [0.29, 0.717) is 0 Å². The summed E-state index contributed by atoms with van der Waals surface area (Å²) in [5.74, 6) is 0. The summed E-state index contributed by atoms with van der Waals surface area (Å²) in [6, 6.07) is 17.2. The van der Waals surface area contributed by atoms with Crippen LogP contribution >= 0.6 is 0 Å². The van der Waals surface area contributed by atoms with E-state index < -0.39 is 0 Å². The van der Waals surface area contributed by atoms with Crippen molar-refractivity contribution in [2.24, 2.45) is 4.99 Å². The first-order valence-corrected chi connectivity index (χ1v) is 6.06. The second-order valence-electron chi connectivity index (χ2n) is 5.14. The van der Waals surface area contributed by atoms with Crippen LogP contribution in [0.1, 0.15) is 23.6 Å². The molecule has 1 aliphatic heterocycles. The molecule has 0 aromatic heterocycles. The van der Waals surface area contributed by atoms with Gasteiger partial charge in [-0.25, -0.2) is 0 Å². The van der Waals surface area contributed by atoms with Crippen molar-refractivity contribution < 1.29 is 0 Å². The van der Waals surface area contributed by atoms with E-state index in [9.17, 15) is 0 Å². The molecule has 1 heteroatoms. The Bertz CT molecular complexity index is 654. The highest BCUT2D eigenvalue weighted by Gasteiger charge is 2.45. The summed E-state index contributed by atoms with van der Waals surface area (Å²) in [6.45, 7) is 2.32. The maximum atomic E-state index is 4.84. The van der Waals surface area contributed by atoms with Gasteiger partial charge in [-0.15, -0.1) is 0 Å². The summed E-state index contributed by atoms with van der Waals surface area (Å²) < 4.78 is 0. The fourth-order valence-corrected chi connectivity index (χ4v) is 3.23. The molecule has 0 saturated heterocycles. The van der Waals surface area contributed by atoms with Gasteiger partial charge >= 0.3 is 0 Å². The van der Waals surface area contributed by atoms with Gasteiger partial charge in [-0.05, 0) is 30.5 Å². The molecule has 1 unspecified atom stereocenters. The third kappa shape index (κ3) is 1.02. The Morgan fingerprint density at radius 1 is 1.00 bits per heavy atom. The van der Waals surface area contributed by atoms with Crippen LogP contribution in [0.4, 0.5) is 5.69 Å². The van der Waals surface area contributed by atoms with Gasteiger partial charge in [0.15, 0.2) is 0 Å². The number of para-hydroxylation sites is 1. The summed E-state index contributed by atoms with van der Waals surface area (Å²) >= 11 is 0. The molecule has 1 atom stereocenters. The predicted octanol–water partition coefficient (Wildman–Crippen LogP) is 3.63. The standard InChI is InChI=1S/C16H13N/c1-16-10-11-6-2-3-7-12(11)15(16)17-14-9-5-4-8-13(14)16/h2-9H,10H2,1H3. The zero-order chi connectivity index (χ0) is 11.5. The number of hydrogen-bond acceptors (Lipinski definition) is 1. The van der Waals surface area contributed by atoms with Gasteiger partial charge in [0, 0.05) is 11.0 Å². The molecule has 0 fully saturated rings. The number of fused-ring (bicyclic) bond motifs is 5. The molecule has 4 rings (SSSR count). The van der Waals surface area contributed by atoms with Gasteiger partial charge in [0.25, 0.3) is 0 Å². The summed E-state index contributed by atoms with van der Waals surface area (Å²) in [6.07, 6.45) is 1.08. The van der Waals surface area contributed by atoms with E-state index in [1.54, 1.807) is 0 Å². The topological polar surface area (TPSA) is 12.4 Å². The molecule has 0 amide bonds. The largest absolute Gasteiger partial charge is 0.252 e. The van der Waals surface area contributed by atoms with Crippen LogP contribution in [0.15, 0.2) is 53.5 Å². The Balaban J connectivity index is 2.02. The highest BCUT2D eigenvalue weighted by atomic mass is 14.8. The number of nitrogens with zero attached hydrogens (tertiary/aromatic N) is 1. The monoisotopic (exact) mass is 219 g/mol. The lowest BCUT2D eigenvalue weighted by molar-refractivity contribution is 0.671. The van der Waals surface area contributed by atoms with E-state index in [1.807, 2.05) is 0 Å². The van der Waals surface area contributed by atoms with Gasteiger partial charge < -0.3 is 0 Å². The Morgan fingerprint density at radius 3 is 2.71 bits per heavy atom. The molecule has 2 aliphatic rings. The van der Waals surface area contributed by atoms with Crippen molar-refractivity contribution in [1.29, 1.82) is 0 Å². The van der Waals surface area contributed by atoms with Crippen LogP contribution in [0.5, 0.6) is 0 Å². The van der Waals surface area contributed by atoms with Crippen molar-refractivity contribution in [3.8, 4) is 0 Å². The quantitative estimate of drug-likeness (QED) is 0.641. The van der Waals surface area contributed by atoms with E-state index in [-0.39, 0.29) is 5.41 Å². The second-order valence-corrected chi connectivity index (χ2v) is 5.14. The number of rotatable bonds is 0. The van der Waals surface area contributed by atoms with Crippen LogP contribution < -0.4 is 0 Å². The van der Waals surface area contributed by atoms with Crippen LogP contribution in [0, 0.1) is 0 Å². The molecule has 17 heavy (non-hydrogen) atoms. The van der Waals surface area contributed by atoms with Crippen molar-refractivity contribution >= 4 is 11.4 Å². The maximum Gasteiger partial charge on any atom is 0.0675 e. The van der Waals surface area contributed by atoms with Crippen LogP contribution in [0.25, 0.3) is 0 Å². The average molecular weight is 219 g/mol. The Kier molecular flexibility index (Phi) is 1.54. The number of benzene rings is 2. The normalized spacial score (nSPS) is 23.9. The summed E-state index contributed by atoms with van der Waals surface area (Å²) in [4.78, 5) is 4.84. The Labute approximate surface area is 101 Å². The molecule has 1 nitrogen and oxygen atoms in total. The first-order valence-electron chi connectivity index (χ1n) is 6.06. The average Bonchev–Trinajstić information content (AvgIpc) is 2.79. The van der Waals surface area contributed by atoms with Crippen molar-refractivity contribution in [1.82, 2.24) is 0 Å². The van der Waals surface area contributed by atoms with E-state index >= 15 is 0 Å². The van der Waals surface area contributed by atoms with Gasteiger partial charge in [-0.1, -0.05) is 42.5 Å². The number of aliphatic imine (C=N–C) groups is 1. The SMILES string of the molecule is CC12Cc3ccccc3C1=Nc1ccccc12. The molecular weight excluding hydrogens is 206 g/mol. The second kappa shape index (κ2) is 2.86. The summed E-state index contributed by atoms with van der Waals surface area (Å²) in [5, 5.41) is 0. The van der Waals surface area contributed by atoms with Gasteiger partial charge in [0.2, 0.25) is 0 Å². The zero-order valence-electron chi connectivity index (χ0n) is 9.77. The molecule has 1 heterocycles. The van der Waals surface area contributed by atoms with E-state index in [0.717, 1.165) is 12.1 Å². The molecule has 1 aliphatic carbocycles. The van der Waals surface area contributed by atoms with Crippen molar-refractivity contribution in [3.63, 3.8) is 0 Å². The first-order chi connectivity index (χ1) is 8.29. The van der Waals surface area contributed by atoms with Crippen LogP contribution in [-0.4, -0.2) is 5.71 Å². The number of hydrogen-bond donors (Lipinski definition) is 0. The lowest BCUT2D eigenvalue weighted by Gasteiger charge is -2.20. The predicted molar refractivity (Wildman–Crippen MR) is 70.1 cm³/mol. The molecular formula is C16H13N. The lowest BCUT2D eigenvalue weighted by Crippen LogP contribution is -2.26. The fraction of sp³-hybridized carbons (Fsp3) is 0.188. The van der Waals surface area contributed by atoms with Crippen molar-refractivity contribution in [3.05, 3.63) is 65.2 Å². The third-order valence-corrected chi connectivity index (χ3v) is 4.07. The maximum absolute atomic E-state index is 4.84. The van der Waals surface area contributed by atoms with E-state index in [2.05, 4.69) is 55.5 Å². The minimum atomic E-state index is 0.0975. The molecule has 0 saturated carbocycles. The summed E-state index contributed by atoms with van der Waals surface area (Å²) in [7, 11) is 0. The van der Waals surface area contributed by atoms with Gasteiger partial charge in [0.05, 0.1) is 11.4 Å². The van der Waals surface area contributed by atoms with Gasteiger partial charge in [-0.3, -0.25) is 4.99 Å². The first kappa shape index (κ1) is 9.17. The Morgan fingerprint density at radius 2 is 1.76 bits per heavy atom. The van der Waals surface area contributed by atoms with Crippen LogP contribution in [0.2, 0.25) is 0 Å². The van der Waals surface area contributed by atoms with E-state index in [4.69, 9.17) is 4.99 Å². The van der Waals surface area contributed by atoms with Crippen LogP contribution in [-0.2, 0) is 11.8 Å². The third-order valence-electron chi connectivity index (χ3n) is 4.07. The molecule has 0 N–H and O–H groups in total. The molecule has 2 aromatic carbocycles. The minimum absolute atomic E-state index is 0.0975. The van der Waals surface area contributed by atoms with Crippen molar-refractivity contribution in [2.45, 2.75) is 18.8 Å². The van der Waals surface area contributed by atoms with Crippen LogP contribution in [0.3, 0.4) is 0 Å². The molecule has 2 aromatic rings. The molecule has 0 radical (unpaired) electrons. The smallest absolute Gasteiger partial charge is 0.0675 e. The molecule has 0 bridgehead atoms. The zero-order valence-corrected chi connectivity index (χ0v) is 9.77. The van der Waals surface area contributed by atoms with E-state index in [1.165, 1.54) is 22.4 Å². The molecule has 0 spiro atoms. The fourth-order valence-electron chi connectivity index (χ4n) is 3.23. The van der Waals surface area contributed by atoms with Gasteiger partial charge in [-0.2, -0.15) is 0 Å². The van der Waals surface area contributed by atoms with Gasteiger partial charge in [0.1, 0.15) is 0 Å². The summed E-state index contributed by atoms with van der Waals surface area (Å²) in [5.41, 5.74) is 6.66. The molecule has 82 valence electrons. The Hall–Kier alpha value is -1.89. The highest BCUT2D eigenvalue weighted by molar-refractivity contribution is 6.16. The lowest BCUT2D eigenvalue weighted by atomic mass is 9.80. The van der Waals surface area contributed by atoms with Crippen molar-refractivity contribution in [2.75, 3.05) is 0 Å². The minimum Gasteiger partial charge on any atom is -0.252 e. The highest BCUT2D eigenvalue weighted by Crippen LogP contribution is 2.48.